The van der Waals surface area contributed by atoms with Gasteiger partial charge < -0.3 is 5.32 Å². The third kappa shape index (κ3) is 1.77. The van der Waals surface area contributed by atoms with Crippen molar-refractivity contribution < 1.29 is 4.79 Å². The number of fused-ring (bicyclic) bond motifs is 3. The molecule has 3 rings (SSSR count). The fourth-order valence-corrected chi connectivity index (χ4v) is 3.26. The van der Waals surface area contributed by atoms with Crippen LogP contribution in [0.3, 0.4) is 0 Å². The van der Waals surface area contributed by atoms with E-state index in [1.807, 2.05) is 31.2 Å². The van der Waals surface area contributed by atoms with Crippen LogP contribution in [0.4, 0.5) is 5.69 Å². The number of hydrogen-bond donors (Lipinski definition) is 1. The number of rotatable bonds is 2. The first-order valence-corrected chi connectivity index (χ1v) is 6.81. The molecule has 3 heteroatoms. The fraction of sp³-hybridized carbons (Fsp3) is 0.133. The van der Waals surface area contributed by atoms with Gasteiger partial charge in [-0.1, -0.05) is 37.3 Å². The van der Waals surface area contributed by atoms with E-state index in [2.05, 4.69) is 23.5 Å². The number of carbonyl (C=O) groups excluding carboxylic acids is 1. The van der Waals surface area contributed by atoms with Gasteiger partial charge >= 0.3 is 0 Å². The molecule has 1 aromatic heterocycles. The molecular weight excluding hydrogens is 242 g/mol. The maximum Gasteiger partial charge on any atom is 0.224 e. The van der Waals surface area contributed by atoms with E-state index < -0.39 is 0 Å². The van der Waals surface area contributed by atoms with Crippen molar-refractivity contribution in [2.75, 3.05) is 5.32 Å². The lowest BCUT2D eigenvalue weighted by molar-refractivity contribution is -0.115. The summed E-state index contributed by atoms with van der Waals surface area (Å²) in [6.07, 6.45) is 0.501. The molecule has 1 N–H and O–H groups in total. The highest BCUT2D eigenvalue weighted by atomic mass is 32.1. The van der Waals surface area contributed by atoms with Crippen LogP contribution in [0.1, 0.15) is 13.3 Å². The summed E-state index contributed by atoms with van der Waals surface area (Å²) in [5.41, 5.74) is 0.917. The van der Waals surface area contributed by atoms with Crippen molar-refractivity contribution in [1.29, 1.82) is 0 Å². The highest BCUT2D eigenvalue weighted by Gasteiger charge is 2.09. The molecule has 0 radical (unpaired) electrons. The predicted molar refractivity (Wildman–Crippen MR) is 78.3 cm³/mol. The fourth-order valence-electron chi connectivity index (χ4n) is 2.08. The van der Waals surface area contributed by atoms with Crippen molar-refractivity contribution in [3.8, 4) is 0 Å². The second kappa shape index (κ2) is 4.42. The average Bonchev–Trinajstić information content (AvgIpc) is 2.78. The number of thiophene rings is 1. The van der Waals surface area contributed by atoms with Crippen molar-refractivity contribution in [3.05, 3.63) is 42.5 Å². The van der Waals surface area contributed by atoms with Crippen molar-refractivity contribution >= 4 is 43.1 Å². The smallest absolute Gasteiger partial charge is 0.224 e. The lowest BCUT2D eigenvalue weighted by atomic mass is 10.1. The van der Waals surface area contributed by atoms with E-state index in [0.717, 1.165) is 10.4 Å². The minimum atomic E-state index is 0.0555. The summed E-state index contributed by atoms with van der Waals surface area (Å²) in [6.45, 7) is 1.86. The maximum absolute atomic E-state index is 11.5. The predicted octanol–water partition coefficient (Wildman–Crippen LogP) is 4.40. The van der Waals surface area contributed by atoms with E-state index in [0.29, 0.717) is 6.42 Å². The minimum absolute atomic E-state index is 0.0555. The number of amides is 1. The summed E-state index contributed by atoms with van der Waals surface area (Å²) >= 11 is 1.73. The molecule has 0 bridgehead atoms. The second-order valence-electron chi connectivity index (χ2n) is 4.18. The lowest BCUT2D eigenvalue weighted by Gasteiger charge is -2.04. The van der Waals surface area contributed by atoms with E-state index in [-0.39, 0.29) is 5.91 Å². The number of benzene rings is 2. The molecule has 1 heterocycles. The Morgan fingerprint density at radius 2 is 1.89 bits per heavy atom. The molecular formula is C15H13NOS. The maximum atomic E-state index is 11.5. The van der Waals surface area contributed by atoms with E-state index in [1.165, 1.54) is 15.5 Å². The highest BCUT2D eigenvalue weighted by Crippen LogP contribution is 2.37. The second-order valence-corrected chi connectivity index (χ2v) is 5.23. The molecule has 2 nitrogen and oxygen atoms in total. The number of hydrogen-bond acceptors (Lipinski definition) is 2. The lowest BCUT2D eigenvalue weighted by Crippen LogP contribution is -2.09. The summed E-state index contributed by atoms with van der Waals surface area (Å²) in [4.78, 5) is 11.5. The summed E-state index contributed by atoms with van der Waals surface area (Å²) in [6, 6.07) is 14.4. The van der Waals surface area contributed by atoms with Crippen LogP contribution in [0, 0.1) is 0 Å². The number of anilines is 1. The van der Waals surface area contributed by atoms with Gasteiger partial charge in [0.1, 0.15) is 0 Å². The van der Waals surface area contributed by atoms with Crippen LogP contribution < -0.4 is 5.32 Å². The van der Waals surface area contributed by atoms with Gasteiger partial charge in [0.15, 0.2) is 0 Å². The normalized spacial score (nSPS) is 10.9. The zero-order chi connectivity index (χ0) is 12.5. The minimum Gasteiger partial charge on any atom is -0.325 e. The molecule has 0 unspecified atom stereocenters. The van der Waals surface area contributed by atoms with Crippen molar-refractivity contribution in [2.45, 2.75) is 13.3 Å². The first-order chi connectivity index (χ1) is 8.79. The molecule has 0 fully saturated rings. The zero-order valence-corrected chi connectivity index (χ0v) is 10.9. The van der Waals surface area contributed by atoms with Gasteiger partial charge in [0.25, 0.3) is 0 Å². The van der Waals surface area contributed by atoms with Gasteiger partial charge in [0.05, 0.1) is 10.4 Å². The molecule has 90 valence electrons. The van der Waals surface area contributed by atoms with Crippen molar-refractivity contribution in [1.82, 2.24) is 0 Å². The molecule has 0 atom stereocenters. The molecule has 1 amide bonds. The Kier molecular flexibility index (Phi) is 2.76. The highest BCUT2D eigenvalue weighted by molar-refractivity contribution is 7.26. The van der Waals surface area contributed by atoms with Crippen LogP contribution in [0.25, 0.3) is 20.2 Å². The number of carbonyl (C=O) groups is 1. The molecule has 0 saturated carbocycles. The first-order valence-electron chi connectivity index (χ1n) is 5.99. The molecule has 0 aliphatic heterocycles. The van der Waals surface area contributed by atoms with Gasteiger partial charge in [-0.05, 0) is 12.1 Å². The molecule has 18 heavy (non-hydrogen) atoms. The van der Waals surface area contributed by atoms with E-state index in [9.17, 15) is 4.79 Å². The topological polar surface area (TPSA) is 29.1 Å². The molecule has 3 aromatic rings. The molecule has 0 aliphatic rings. The van der Waals surface area contributed by atoms with Crippen LogP contribution in [-0.4, -0.2) is 5.91 Å². The quantitative estimate of drug-likeness (QED) is 0.722. The van der Waals surface area contributed by atoms with Gasteiger partial charge in [0, 0.05) is 21.9 Å². The molecule has 0 aliphatic carbocycles. The van der Waals surface area contributed by atoms with Crippen LogP contribution in [0.2, 0.25) is 0 Å². The Balaban J connectivity index is 2.24. The van der Waals surface area contributed by atoms with E-state index in [4.69, 9.17) is 0 Å². The molecule has 0 spiro atoms. The number of nitrogens with one attached hydrogen (secondary N) is 1. The standard InChI is InChI=1S/C15H13NOS/c1-2-14(17)16-12-8-5-7-11-10-6-3-4-9-13(10)18-15(11)12/h3-9H,2H2,1H3,(H,16,17). The Labute approximate surface area is 109 Å². The summed E-state index contributed by atoms with van der Waals surface area (Å²) in [5, 5.41) is 5.43. The Morgan fingerprint density at radius 3 is 2.72 bits per heavy atom. The first kappa shape index (κ1) is 11.2. The molecule has 0 saturated heterocycles. The third-order valence-electron chi connectivity index (χ3n) is 3.00. The van der Waals surface area contributed by atoms with Crippen molar-refractivity contribution in [3.63, 3.8) is 0 Å². The summed E-state index contributed by atoms with van der Waals surface area (Å²) in [7, 11) is 0. The van der Waals surface area contributed by atoms with Gasteiger partial charge in [0.2, 0.25) is 5.91 Å². The van der Waals surface area contributed by atoms with Gasteiger partial charge in [-0.15, -0.1) is 11.3 Å². The van der Waals surface area contributed by atoms with E-state index >= 15 is 0 Å². The average molecular weight is 255 g/mol. The molecule has 2 aromatic carbocycles. The monoisotopic (exact) mass is 255 g/mol. The summed E-state index contributed by atoms with van der Waals surface area (Å²) in [5.74, 6) is 0.0555. The SMILES string of the molecule is CCC(=O)Nc1cccc2c1sc1ccccc12. The van der Waals surface area contributed by atoms with Crippen LogP contribution in [-0.2, 0) is 4.79 Å². The van der Waals surface area contributed by atoms with Gasteiger partial charge in [-0.25, -0.2) is 0 Å². The van der Waals surface area contributed by atoms with Crippen LogP contribution in [0.15, 0.2) is 42.5 Å². The van der Waals surface area contributed by atoms with Crippen LogP contribution in [0.5, 0.6) is 0 Å². The Hall–Kier alpha value is -1.87. The largest absolute Gasteiger partial charge is 0.325 e. The Morgan fingerprint density at radius 1 is 1.11 bits per heavy atom. The third-order valence-corrected chi connectivity index (χ3v) is 4.22. The van der Waals surface area contributed by atoms with Crippen molar-refractivity contribution in [2.24, 2.45) is 0 Å². The Bertz CT molecular complexity index is 730. The summed E-state index contributed by atoms with van der Waals surface area (Å²) < 4.78 is 2.41. The van der Waals surface area contributed by atoms with Gasteiger partial charge in [-0.3, -0.25) is 4.79 Å². The van der Waals surface area contributed by atoms with Gasteiger partial charge in [-0.2, -0.15) is 0 Å². The van der Waals surface area contributed by atoms with Crippen LogP contribution >= 0.6 is 11.3 Å². The van der Waals surface area contributed by atoms with E-state index in [1.54, 1.807) is 11.3 Å². The zero-order valence-electron chi connectivity index (χ0n) is 10.1.